The van der Waals surface area contributed by atoms with Crippen LogP contribution in [0.4, 0.5) is 10.1 Å². The van der Waals surface area contributed by atoms with Crippen molar-refractivity contribution in [3.05, 3.63) is 64.4 Å². The smallest absolute Gasteiger partial charge is 0.146 e. The predicted molar refractivity (Wildman–Crippen MR) is 77.4 cm³/mol. The molecule has 0 aliphatic rings. The van der Waals surface area contributed by atoms with Gasteiger partial charge in [0.1, 0.15) is 5.82 Å². The third kappa shape index (κ3) is 3.69. The number of rotatable bonds is 4. The molecule has 0 saturated heterocycles. The van der Waals surface area contributed by atoms with Gasteiger partial charge in [-0.3, -0.25) is 4.90 Å². The van der Waals surface area contributed by atoms with E-state index in [1.54, 1.807) is 6.07 Å². The van der Waals surface area contributed by atoms with Gasteiger partial charge in [-0.25, -0.2) is 4.39 Å². The molecule has 0 amide bonds. The molecule has 0 unspecified atom stereocenters. The third-order valence-corrected chi connectivity index (χ3v) is 3.28. The van der Waals surface area contributed by atoms with Crippen LogP contribution in [-0.4, -0.2) is 11.9 Å². The zero-order chi connectivity index (χ0) is 13.8. The molecule has 0 heterocycles. The molecule has 2 nitrogen and oxygen atoms in total. The van der Waals surface area contributed by atoms with Crippen LogP contribution in [-0.2, 0) is 13.1 Å². The summed E-state index contributed by atoms with van der Waals surface area (Å²) in [7, 11) is 1.97. The molecule has 0 saturated carbocycles. The zero-order valence-electron chi connectivity index (χ0n) is 10.7. The Kier molecular flexibility index (Phi) is 4.40. The van der Waals surface area contributed by atoms with Gasteiger partial charge in [-0.05, 0) is 36.4 Å². The van der Waals surface area contributed by atoms with E-state index in [-0.39, 0.29) is 11.5 Å². The summed E-state index contributed by atoms with van der Waals surface area (Å²) in [5, 5.41) is 0.748. The Morgan fingerprint density at radius 1 is 1.16 bits per heavy atom. The highest BCUT2D eigenvalue weighted by Gasteiger charge is 2.06. The predicted octanol–water partition coefficient (Wildman–Crippen LogP) is 3.69. The summed E-state index contributed by atoms with van der Waals surface area (Å²) >= 11 is 6.11. The van der Waals surface area contributed by atoms with Crippen molar-refractivity contribution < 1.29 is 4.39 Å². The van der Waals surface area contributed by atoms with Crippen molar-refractivity contribution in [1.29, 1.82) is 0 Å². The molecule has 0 atom stereocenters. The Morgan fingerprint density at radius 2 is 1.89 bits per heavy atom. The summed E-state index contributed by atoms with van der Waals surface area (Å²) in [5.41, 5.74) is 7.58. The first-order chi connectivity index (χ1) is 9.06. The van der Waals surface area contributed by atoms with E-state index in [4.69, 9.17) is 17.3 Å². The van der Waals surface area contributed by atoms with Gasteiger partial charge in [0.15, 0.2) is 0 Å². The maximum Gasteiger partial charge on any atom is 0.146 e. The van der Waals surface area contributed by atoms with Crippen LogP contribution < -0.4 is 5.73 Å². The molecule has 0 aromatic heterocycles. The van der Waals surface area contributed by atoms with Crippen molar-refractivity contribution in [2.75, 3.05) is 12.8 Å². The van der Waals surface area contributed by atoms with Gasteiger partial charge in [0.2, 0.25) is 0 Å². The van der Waals surface area contributed by atoms with Gasteiger partial charge in [0.05, 0.1) is 5.69 Å². The van der Waals surface area contributed by atoms with Gasteiger partial charge in [0, 0.05) is 18.1 Å². The van der Waals surface area contributed by atoms with Crippen LogP contribution in [0.5, 0.6) is 0 Å². The molecule has 19 heavy (non-hydrogen) atoms. The highest BCUT2D eigenvalue weighted by atomic mass is 35.5. The second kappa shape index (κ2) is 6.04. The number of nitrogens with two attached hydrogens (primary N) is 1. The van der Waals surface area contributed by atoms with Crippen LogP contribution in [0.2, 0.25) is 5.02 Å². The lowest BCUT2D eigenvalue weighted by Gasteiger charge is -2.17. The van der Waals surface area contributed by atoms with Crippen molar-refractivity contribution in [3.63, 3.8) is 0 Å². The molecule has 0 bridgehead atoms. The number of hydrogen-bond donors (Lipinski definition) is 1. The van der Waals surface area contributed by atoms with E-state index < -0.39 is 0 Å². The molecule has 4 heteroatoms. The van der Waals surface area contributed by atoms with Gasteiger partial charge in [-0.15, -0.1) is 0 Å². The summed E-state index contributed by atoms with van der Waals surface area (Å²) < 4.78 is 13.4. The number of nitrogen functional groups attached to an aromatic ring is 1. The fraction of sp³-hybridized carbons (Fsp3) is 0.200. The van der Waals surface area contributed by atoms with Gasteiger partial charge < -0.3 is 5.73 Å². The standard InChI is InChI=1S/C15H16ClFN2/c1-19(10-12-4-2-3-5-13(12)16)9-11-6-7-15(18)14(17)8-11/h2-8H,9-10,18H2,1H3. The highest BCUT2D eigenvalue weighted by Crippen LogP contribution is 2.18. The van der Waals surface area contributed by atoms with Crippen molar-refractivity contribution in [1.82, 2.24) is 4.90 Å². The summed E-state index contributed by atoms with van der Waals surface area (Å²) in [5.74, 6) is -0.372. The van der Waals surface area contributed by atoms with Crippen molar-refractivity contribution >= 4 is 17.3 Å². The van der Waals surface area contributed by atoms with Crippen LogP contribution in [0, 0.1) is 5.82 Å². The monoisotopic (exact) mass is 278 g/mol. The molecule has 2 aromatic carbocycles. The minimum atomic E-state index is -0.372. The fourth-order valence-corrected chi connectivity index (χ4v) is 2.15. The van der Waals surface area contributed by atoms with Crippen LogP contribution in [0.1, 0.15) is 11.1 Å². The summed E-state index contributed by atoms with van der Waals surface area (Å²) in [6.07, 6.45) is 0. The first-order valence-electron chi connectivity index (χ1n) is 6.02. The third-order valence-electron chi connectivity index (χ3n) is 2.92. The van der Waals surface area contributed by atoms with Crippen LogP contribution in [0.15, 0.2) is 42.5 Å². The lowest BCUT2D eigenvalue weighted by atomic mass is 10.1. The maximum atomic E-state index is 13.4. The Bertz CT molecular complexity index is 572. The summed E-state index contributed by atoms with van der Waals surface area (Å²) in [4.78, 5) is 2.08. The first-order valence-corrected chi connectivity index (χ1v) is 6.40. The Hall–Kier alpha value is -1.58. The van der Waals surface area contributed by atoms with E-state index in [0.717, 1.165) is 16.1 Å². The number of anilines is 1. The van der Waals surface area contributed by atoms with Crippen LogP contribution >= 0.6 is 11.6 Å². The van der Waals surface area contributed by atoms with Gasteiger partial charge in [-0.2, -0.15) is 0 Å². The molecule has 100 valence electrons. The second-order valence-electron chi connectivity index (χ2n) is 4.62. The van der Waals surface area contributed by atoms with E-state index in [0.29, 0.717) is 13.1 Å². The molecule has 0 fully saturated rings. The lowest BCUT2D eigenvalue weighted by molar-refractivity contribution is 0.318. The zero-order valence-corrected chi connectivity index (χ0v) is 11.5. The maximum absolute atomic E-state index is 13.4. The molecular weight excluding hydrogens is 263 g/mol. The minimum Gasteiger partial charge on any atom is -0.396 e. The van der Waals surface area contributed by atoms with E-state index >= 15 is 0 Å². The topological polar surface area (TPSA) is 29.3 Å². The lowest BCUT2D eigenvalue weighted by Crippen LogP contribution is -2.17. The van der Waals surface area contributed by atoms with Crippen LogP contribution in [0.3, 0.4) is 0 Å². The SMILES string of the molecule is CN(Cc1ccc(N)c(F)c1)Cc1ccccc1Cl. The normalized spacial score (nSPS) is 10.9. The fourth-order valence-electron chi connectivity index (χ4n) is 1.95. The van der Waals surface area contributed by atoms with Crippen molar-refractivity contribution in [2.24, 2.45) is 0 Å². The Labute approximate surface area is 117 Å². The first kappa shape index (κ1) is 13.8. The molecule has 0 aliphatic carbocycles. The highest BCUT2D eigenvalue weighted by molar-refractivity contribution is 6.31. The Balaban J connectivity index is 2.03. The second-order valence-corrected chi connectivity index (χ2v) is 5.03. The van der Waals surface area contributed by atoms with Crippen LogP contribution in [0.25, 0.3) is 0 Å². The average Bonchev–Trinajstić information content (AvgIpc) is 2.37. The number of benzene rings is 2. The quantitative estimate of drug-likeness (QED) is 0.864. The Morgan fingerprint density at radius 3 is 2.58 bits per heavy atom. The largest absolute Gasteiger partial charge is 0.396 e. The van der Waals surface area contributed by atoms with E-state index in [2.05, 4.69) is 4.90 Å². The average molecular weight is 279 g/mol. The molecule has 2 rings (SSSR count). The van der Waals surface area contributed by atoms with Gasteiger partial charge >= 0.3 is 0 Å². The van der Waals surface area contributed by atoms with Gasteiger partial charge in [0.25, 0.3) is 0 Å². The van der Waals surface area contributed by atoms with Crippen molar-refractivity contribution in [2.45, 2.75) is 13.1 Å². The number of halogens is 2. The minimum absolute atomic E-state index is 0.178. The number of nitrogens with zero attached hydrogens (tertiary/aromatic N) is 1. The van der Waals surface area contributed by atoms with Crippen molar-refractivity contribution in [3.8, 4) is 0 Å². The number of hydrogen-bond acceptors (Lipinski definition) is 2. The van der Waals surface area contributed by atoms with E-state index in [1.807, 2.05) is 37.4 Å². The summed E-state index contributed by atoms with van der Waals surface area (Å²) in [6, 6.07) is 12.6. The molecular formula is C15H16ClFN2. The molecule has 0 radical (unpaired) electrons. The van der Waals surface area contributed by atoms with E-state index in [1.165, 1.54) is 6.07 Å². The molecule has 2 N–H and O–H groups in total. The molecule has 0 aliphatic heterocycles. The molecule has 0 spiro atoms. The summed E-state index contributed by atoms with van der Waals surface area (Å²) in [6.45, 7) is 1.36. The molecule has 2 aromatic rings. The van der Waals surface area contributed by atoms with E-state index in [9.17, 15) is 4.39 Å². The van der Waals surface area contributed by atoms with Gasteiger partial charge in [-0.1, -0.05) is 35.9 Å².